The summed E-state index contributed by atoms with van der Waals surface area (Å²) in [5.41, 5.74) is 1.12. The third-order valence-corrected chi connectivity index (χ3v) is 2.94. The molecule has 0 bridgehead atoms. The van der Waals surface area contributed by atoms with Gasteiger partial charge in [0.2, 0.25) is 5.91 Å². The van der Waals surface area contributed by atoms with Crippen molar-refractivity contribution < 1.29 is 4.79 Å². The number of amides is 1. The molecule has 2 N–H and O–H groups in total. The van der Waals surface area contributed by atoms with Crippen LogP contribution in [0.15, 0.2) is 18.7 Å². The second-order valence-electron chi connectivity index (χ2n) is 4.55. The molecule has 0 spiro atoms. The van der Waals surface area contributed by atoms with Gasteiger partial charge in [-0.15, -0.1) is 10.2 Å². The number of hydrogen-bond acceptors (Lipinski definition) is 4. The van der Waals surface area contributed by atoms with Gasteiger partial charge in [-0.25, -0.2) is 0 Å². The number of aryl methyl sites for hydroxylation is 2. The summed E-state index contributed by atoms with van der Waals surface area (Å²) in [6, 6.07) is -0.131. The van der Waals surface area contributed by atoms with Crippen LogP contribution in [0.2, 0.25) is 0 Å². The highest BCUT2D eigenvalue weighted by atomic mass is 16.1. The van der Waals surface area contributed by atoms with Gasteiger partial charge in [-0.1, -0.05) is 0 Å². The number of nitrogens with zero attached hydrogens (tertiary/aromatic N) is 4. The average Bonchev–Trinajstić information content (AvgIpc) is 3.00. The molecule has 2 aromatic heterocycles. The molecule has 2 rings (SSSR count). The Labute approximate surface area is 111 Å². The summed E-state index contributed by atoms with van der Waals surface area (Å²) in [5, 5.41) is 17.3. The molecule has 0 aliphatic carbocycles. The number of nitrogens with one attached hydrogen (secondary N) is 2. The lowest BCUT2D eigenvalue weighted by atomic mass is 10.1. The highest BCUT2D eigenvalue weighted by molar-refractivity contribution is 5.76. The summed E-state index contributed by atoms with van der Waals surface area (Å²) in [6.45, 7) is 1.90. The summed E-state index contributed by atoms with van der Waals surface area (Å²) in [4.78, 5) is 11.8. The Morgan fingerprint density at radius 2 is 2.42 bits per heavy atom. The van der Waals surface area contributed by atoms with Gasteiger partial charge >= 0.3 is 0 Å². The standard InChI is InChI=1S/C12H18N6O/c1-9(12-17-15-8-18(12)2)16-11(19)5-3-4-10-6-13-14-7-10/h6-9H,3-5H2,1-2H3,(H,13,14)(H,16,19)/t9-/m1/s1. The number of carbonyl (C=O) groups excluding carboxylic acids is 1. The molecule has 0 unspecified atom stereocenters. The Hall–Kier alpha value is -2.18. The number of H-pyrrole nitrogens is 1. The molecular weight excluding hydrogens is 244 g/mol. The number of hydrogen-bond donors (Lipinski definition) is 2. The fourth-order valence-electron chi connectivity index (χ4n) is 1.93. The molecule has 19 heavy (non-hydrogen) atoms. The van der Waals surface area contributed by atoms with Crippen molar-refractivity contribution in [3.05, 3.63) is 30.1 Å². The van der Waals surface area contributed by atoms with Gasteiger partial charge in [-0.05, 0) is 25.3 Å². The quantitative estimate of drug-likeness (QED) is 0.803. The molecule has 0 aromatic carbocycles. The molecule has 0 aliphatic rings. The Morgan fingerprint density at radius 1 is 1.58 bits per heavy atom. The lowest BCUT2D eigenvalue weighted by Gasteiger charge is -2.12. The summed E-state index contributed by atoms with van der Waals surface area (Å²) < 4.78 is 1.80. The molecule has 1 amide bonds. The zero-order chi connectivity index (χ0) is 13.7. The lowest BCUT2D eigenvalue weighted by molar-refractivity contribution is -0.121. The fraction of sp³-hybridized carbons (Fsp3) is 0.500. The third-order valence-electron chi connectivity index (χ3n) is 2.94. The molecule has 0 saturated heterocycles. The largest absolute Gasteiger partial charge is 0.346 e. The van der Waals surface area contributed by atoms with Crippen molar-refractivity contribution in [3.8, 4) is 0 Å². The van der Waals surface area contributed by atoms with E-state index in [0.717, 1.165) is 24.2 Å². The van der Waals surface area contributed by atoms with Crippen molar-refractivity contribution in [2.75, 3.05) is 0 Å². The number of aromatic nitrogens is 5. The molecule has 7 nitrogen and oxygen atoms in total. The van der Waals surface area contributed by atoms with Crippen LogP contribution in [0.25, 0.3) is 0 Å². The van der Waals surface area contributed by atoms with Gasteiger partial charge in [0.15, 0.2) is 5.82 Å². The van der Waals surface area contributed by atoms with Gasteiger partial charge in [0, 0.05) is 19.7 Å². The Morgan fingerprint density at radius 3 is 3.05 bits per heavy atom. The molecule has 0 saturated carbocycles. The predicted octanol–water partition coefficient (Wildman–Crippen LogP) is 0.738. The second kappa shape index (κ2) is 6.12. The van der Waals surface area contributed by atoms with Crippen molar-refractivity contribution in [1.82, 2.24) is 30.3 Å². The van der Waals surface area contributed by atoms with E-state index in [1.54, 1.807) is 17.1 Å². The van der Waals surface area contributed by atoms with Crippen LogP contribution < -0.4 is 5.32 Å². The normalized spacial score (nSPS) is 12.3. The maximum atomic E-state index is 11.8. The lowest BCUT2D eigenvalue weighted by Crippen LogP contribution is -2.28. The first-order chi connectivity index (χ1) is 9.16. The van der Waals surface area contributed by atoms with Gasteiger partial charge in [0.1, 0.15) is 6.33 Å². The van der Waals surface area contributed by atoms with Gasteiger partial charge in [0.25, 0.3) is 0 Å². The number of aromatic amines is 1. The van der Waals surface area contributed by atoms with Gasteiger partial charge < -0.3 is 9.88 Å². The van der Waals surface area contributed by atoms with Crippen LogP contribution >= 0.6 is 0 Å². The minimum Gasteiger partial charge on any atom is -0.346 e. The van der Waals surface area contributed by atoms with Crippen LogP contribution in [0, 0.1) is 0 Å². The van der Waals surface area contributed by atoms with Crippen molar-refractivity contribution in [2.24, 2.45) is 7.05 Å². The summed E-state index contributed by atoms with van der Waals surface area (Å²) in [6.07, 6.45) is 7.39. The van der Waals surface area contributed by atoms with Crippen molar-refractivity contribution in [2.45, 2.75) is 32.2 Å². The van der Waals surface area contributed by atoms with E-state index in [1.165, 1.54) is 0 Å². The smallest absolute Gasteiger partial charge is 0.220 e. The SMILES string of the molecule is C[C@@H](NC(=O)CCCc1cn[nH]c1)c1nncn1C. The van der Waals surface area contributed by atoms with E-state index in [9.17, 15) is 4.79 Å². The minimum absolute atomic E-state index is 0.0268. The molecular formula is C12H18N6O. The van der Waals surface area contributed by atoms with Crippen LogP contribution in [0.5, 0.6) is 0 Å². The van der Waals surface area contributed by atoms with Crippen LogP contribution in [0.3, 0.4) is 0 Å². The second-order valence-corrected chi connectivity index (χ2v) is 4.55. The topological polar surface area (TPSA) is 88.5 Å². The first kappa shape index (κ1) is 13.3. The monoisotopic (exact) mass is 262 g/mol. The third kappa shape index (κ3) is 3.64. The van der Waals surface area contributed by atoms with E-state index in [1.807, 2.05) is 20.2 Å². The Bertz CT molecular complexity index is 518. The fourth-order valence-corrected chi connectivity index (χ4v) is 1.93. The molecule has 0 fully saturated rings. The Balaban J connectivity index is 1.74. The highest BCUT2D eigenvalue weighted by Gasteiger charge is 2.13. The molecule has 102 valence electrons. The van der Waals surface area contributed by atoms with Gasteiger partial charge in [-0.2, -0.15) is 5.10 Å². The predicted molar refractivity (Wildman–Crippen MR) is 69.1 cm³/mol. The summed E-state index contributed by atoms with van der Waals surface area (Å²) in [7, 11) is 1.86. The van der Waals surface area contributed by atoms with E-state index >= 15 is 0 Å². The van der Waals surface area contributed by atoms with Crippen molar-refractivity contribution >= 4 is 5.91 Å². The molecule has 2 aromatic rings. The molecule has 1 atom stereocenters. The first-order valence-corrected chi connectivity index (χ1v) is 6.27. The Kier molecular flexibility index (Phi) is 4.27. The van der Waals surface area contributed by atoms with E-state index in [0.29, 0.717) is 6.42 Å². The molecule has 7 heteroatoms. The number of rotatable bonds is 6. The summed E-state index contributed by atoms with van der Waals surface area (Å²) >= 11 is 0. The molecule has 0 aliphatic heterocycles. The van der Waals surface area contributed by atoms with Gasteiger partial charge in [0.05, 0.1) is 12.2 Å². The maximum Gasteiger partial charge on any atom is 0.220 e. The zero-order valence-corrected chi connectivity index (χ0v) is 11.1. The van der Waals surface area contributed by atoms with Crippen molar-refractivity contribution in [1.29, 1.82) is 0 Å². The number of carbonyl (C=O) groups is 1. The van der Waals surface area contributed by atoms with Crippen LogP contribution in [0.1, 0.15) is 37.2 Å². The summed E-state index contributed by atoms with van der Waals surface area (Å²) in [5.74, 6) is 0.780. The highest BCUT2D eigenvalue weighted by Crippen LogP contribution is 2.08. The minimum atomic E-state index is -0.131. The average molecular weight is 262 g/mol. The molecule has 2 heterocycles. The van der Waals surface area contributed by atoms with Crippen LogP contribution in [-0.4, -0.2) is 30.9 Å². The maximum absolute atomic E-state index is 11.8. The first-order valence-electron chi connectivity index (χ1n) is 6.27. The van der Waals surface area contributed by atoms with E-state index < -0.39 is 0 Å². The van der Waals surface area contributed by atoms with Crippen LogP contribution in [0.4, 0.5) is 0 Å². The zero-order valence-electron chi connectivity index (χ0n) is 11.1. The van der Waals surface area contributed by atoms with Gasteiger partial charge in [-0.3, -0.25) is 9.89 Å². The van der Waals surface area contributed by atoms with E-state index in [2.05, 4.69) is 25.7 Å². The van der Waals surface area contributed by atoms with Crippen molar-refractivity contribution in [3.63, 3.8) is 0 Å². The van der Waals surface area contributed by atoms with E-state index in [4.69, 9.17) is 0 Å². The van der Waals surface area contributed by atoms with E-state index in [-0.39, 0.29) is 11.9 Å². The molecule has 0 radical (unpaired) electrons. The van der Waals surface area contributed by atoms with Crippen LogP contribution in [-0.2, 0) is 18.3 Å².